The van der Waals surface area contributed by atoms with Crippen LogP contribution in [-0.2, 0) is 7.05 Å². The fourth-order valence-electron chi connectivity index (χ4n) is 1.68. The number of hydrogen-bond donors (Lipinski definition) is 2. The molecule has 8 heteroatoms. The van der Waals surface area contributed by atoms with E-state index >= 15 is 0 Å². The molecule has 0 saturated carbocycles. The highest BCUT2D eigenvalue weighted by Gasteiger charge is 2.18. The average Bonchev–Trinajstić information content (AvgIpc) is 2.70. The van der Waals surface area contributed by atoms with Gasteiger partial charge >= 0.3 is 0 Å². The number of benzene rings is 1. The molecular formula is C12H10Cl2N4O2. The number of aryl methyl sites for hydroxylation is 1. The largest absolute Gasteiger partial charge is 0.364 e. The third kappa shape index (κ3) is 2.76. The van der Waals surface area contributed by atoms with Crippen molar-refractivity contribution in [2.24, 2.45) is 12.8 Å². The van der Waals surface area contributed by atoms with Gasteiger partial charge in [-0.25, -0.2) is 0 Å². The highest BCUT2D eigenvalue weighted by Crippen LogP contribution is 2.22. The van der Waals surface area contributed by atoms with E-state index in [2.05, 4.69) is 10.4 Å². The number of hydrogen-bond acceptors (Lipinski definition) is 3. The number of nitrogens with two attached hydrogens (primary N) is 1. The summed E-state index contributed by atoms with van der Waals surface area (Å²) in [7, 11) is 1.55. The summed E-state index contributed by atoms with van der Waals surface area (Å²) in [6, 6.07) is 4.48. The van der Waals surface area contributed by atoms with Crippen molar-refractivity contribution in [3.05, 3.63) is 45.7 Å². The Hall–Kier alpha value is -2.05. The summed E-state index contributed by atoms with van der Waals surface area (Å²) < 4.78 is 1.28. The third-order valence-electron chi connectivity index (χ3n) is 2.60. The lowest BCUT2D eigenvalue weighted by Crippen LogP contribution is -2.20. The zero-order valence-corrected chi connectivity index (χ0v) is 11.9. The van der Waals surface area contributed by atoms with Gasteiger partial charge in [0.05, 0.1) is 22.5 Å². The first-order chi connectivity index (χ1) is 9.40. The molecule has 0 unspecified atom stereocenters. The first-order valence-corrected chi connectivity index (χ1v) is 6.24. The molecule has 0 aliphatic heterocycles. The van der Waals surface area contributed by atoms with Gasteiger partial charge in [-0.1, -0.05) is 23.2 Å². The molecule has 1 heterocycles. The second-order valence-electron chi connectivity index (χ2n) is 3.97. The second-order valence-corrected chi connectivity index (χ2v) is 4.82. The van der Waals surface area contributed by atoms with Gasteiger partial charge in [0.25, 0.3) is 11.8 Å². The van der Waals surface area contributed by atoms with Crippen LogP contribution >= 0.6 is 23.2 Å². The molecular weight excluding hydrogens is 303 g/mol. The van der Waals surface area contributed by atoms with Crippen molar-refractivity contribution < 1.29 is 9.59 Å². The van der Waals surface area contributed by atoms with Gasteiger partial charge in [-0.15, -0.1) is 0 Å². The molecule has 2 aromatic rings. The van der Waals surface area contributed by atoms with E-state index in [1.54, 1.807) is 13.1 Å². The van der Waals surface area contributed by atoms with Crippen molar-refractivity contribution in [3.63, 3.8) is 0 Å². The SMILES string of the molecule is Cn1ncc(NC(=O)c2ccc(Cl)cc2Cl)c1C(N)=O. The standard InChI is InChI=1S/C12H10Cl2N4O2/c1-18-10(11(15)19)9(5-16-18)17-12(20)7-3-2-6(13)4-8(7)14/h2-5H,1H3,(H2,15,19)(H,17,20). The molecule has 1 aromatic carbocycles. The van der Waals surface area contributed by atoms with Crippen LogP contribution in [0.25, 0.3) is 0 Å². The minimum atomic E-state index is -0.692. The van der Waals surface area contributed by atoms with Crippen molar-refractivity contribution in [2.75, 3.05) is 5.32 Å². The van der Waals surface area contributed by atoms with Crippen molar-refractivity contribution in [1.82, 2.24) is 9.78 Å². The molecule has 0 fully saturated rings. The summed E-state index contributed by atoms with van der Waals surface area (Å²) in [5.74, 6) is -1.18. The van der Waals surface area contributed by atoms with Gasteiger partial charge in [-0.05, 0) is 18.2 Å². The Morgan fingerprint density at radius 2 is 2.05 bits per heavy atom. The van der Waals surface area contributed by atoms with Crippen LogP contribution in [0.3, 0.4) is 0 Å². The first-order valence-electron chi connectivity index (χ1n) is 5.48. The molecule has 0 radical (unpaired) electrons. The smallest absolute Gasteiger partial charge is 0.269 e. The number of primary amides is 1. The van der Waals surface area contributed by atoms with Crippen molar-refractivity contribution in [3.8, 4) is 0 Å². The van der Waals surface area contributed by atoms with Gasteiger partial charge in [0.1, 0.15) is 5.69 Å². The van der Waals surface area contributed by atoms with E-state index in [9.17, 15) is 9.59 Å². The summed E-state index contributed by atoms with van der Waals surface area (Å²) in [6.07, 6.45) is 1.34. The summed E-state index contributed by atoms with van der Waals surface area (Å²) in [6.45, 7) is 0. The lowest BCUT2D eigenvalue weighted by atomic mass is 10.2. The number of nitrogens with zero attached hydrogens (tertiary/aromatic N) is 2. The van der Waals surface area contributed by atoms with E-state index < -0.39 is 11.8 Å². The number of nitrogens with one attached hydrogen (secondary N) is 1. The zero-order chi connectivity index (χ0) is 14.9. The quantitative estimate of drug-likeness (QED) is 0.909. The number of carbonyl (C=O) groups is 2. The van der Waals surface area contributed by atoms with Crippen LogP contribution < -0.4 is 11.1 Å². The monoisotopic (exact) mass is 312 g/mol. The van der Waals surface area contributed by atoms with Crippen molar-refractivity contribution in [1.29, 1.82) is 0 Å². The fourth-order valence-corrected chi connectivity index (χ4v) is 2.18. The molecule has 2 amide bonds. The van der Waals surface area contributed by atoms with E-state index in [1.807, 2.05) is 0 Å². The summed E-state index contributed by atoms with van der Waals surface area (Å²) in [4.78, 5) is 23.4. The van der Waals surface area contributed by atoms with Crippen molar-refractivity contribution in [2.45, 2.75) is 0 Å². The summed E-state index contributed by atoms with van der Waals surface area (Å²) >= 11 is 11.7. The highest BCUT2D eigenvalue weighted by atomic mass is 35.5. The van der Waals surface area contributed by atoms with Crippen molar-refractivity contribution >= 4 is 40.7 Å². The van der Waals surface area contributed by atoms with Gasteiger partial charge in [0.2, 0.25) is 0 Å². The Balaban J connectivity index is 2.31. The predicted octanol–water partition coefficient (Wildman–Crippen LogP) is 2.08. The molecule has 0 aliphatic rings. The predicted molar refractivity (Wildman–Crippen MR) is 76.1 cm³/mol. The van der Waals surface area contributed by atoms with Gasteiger partial charge < -0.3 is 11.1 Å². The molecule has 20 heavy (non-hydrogen) atoms. The van der Waals surface area contributed by atoms with Crippen LogP contribution in [0.2, 0.25) is 10.0 Å². The molecule has 0 spiro atoms. The Morgan fingerprint density at radius 3 is 2.65 bits per heavy atom. The van der Waals surface area contributed by atoms with Gasteiger partial charge in [0, 0.05) is 12.1 Å². The van der Waals surface area contributed by atoms with Gasteiger partial charge in [-0.2, -0.15) is 5.10 Å². The molecule has 104 valence electrons. The minimum Gasteiger partial charge on any atom is -0.364 e. The number of anilines is 1. The third-order valence-corrected chi connectivity index (χ3v) is 3.14. The molecule has 6 nitrogen and oxygen atoms in total. The molecule has 3 N–H and O–H groups in total. The maximum atomic E-state index is 12.1. The number of aromatic nitrogens is 2. The second kappa shape index (κ2) is 5.52. The molecule has 0 atom stereocenters. The van der Waals surface area contributed by atoms with Crippen LogP contribution in [0.1, 0.15) is 20.8 Å². The molecule has 0 aliphatic carbocycles. The Bertz CT molecular complexity index is 697. The van der Waals surface area contributed by atoms with Gasteiger partial charge in [-0.3, -0.25) is 14.3 Å². The van der Waals surface area contributed by atoms with Crippen LogP contribution in [-0.4, -0.2) is 21.6 Å². The zero-order valence-electron chi connectivity index (χ0n) is 10.4. The normalized spacial score (nSPS) is 10.3. The van der Waals surface area contributed by atoms with Crippen LogP contribution in [0.4, 0.5) is 5.69 Å². The Morgan fingerprint density at radius 1 is 1.35 bits per heavy atom. The van der Waals surface area contributed by atoms with E-state index in [0.29, 0.717) is 5.02 Å². The van der Waals surface area contributed by atoms with Gasteiger partial charge in [0.15, 0.2) is 0 Å². The number of rotatable bonds is 3. The van der Waals surface area contributed by atoms with E-state index in [4.69, 9.17) is 28.9 Å². The van der Waals surface area contributed by atoms with Crippen LogP contribution in [0.5, 0.6) is 0 Å². The minimum absolute atomic E-state index is 0.100. The lowest BCUT2D eigenvalue weighted by molar-refractivity contribution is 0.0992. The summed E-state index contributed by atoms with van der Waals surface area (Å²) in [5, 5.41) is 7.04. The van der Waals surface area contributed by atoms with E-state index in [-0.39, 0.29) is 22.0 Å². The van der Waals surface area contributed by atoms with E-state index in [1.165, 1.54) is 23.0 Å². The maximum Gasteiger partial charge on any atom is 0.269 e. The van der Waals surface area contributed by atoms with Crippen LogP contribution in [0.15, 0.2) is 24.4 Å². The first kappa shape index (κ1) is 14.4. The fraction of sp³-hybridized carbons (Fsp3) is 0.0833. The summed E-state index contributed by atoms with van der Waals surface area (Å²) in [5.41, 5.74) is 5.78. The lowest BCUT2D eigenvalue weighted by Gasteiger charge is -2.07. The average molecular weight is 313 g/mol. The number of halogens is 2. The maximum absolute atomic E-state index is 12.1. The van der Waals surface area contributed by atoms with E-state index in [0.717, 1.165) is 0 Å². The Labute approximate surface area is 124 Å². The molecule has 0 saturated heterocycles. The highest BCUT2D eigenvalue weighted by molar-refractivity contribution is 6.37. The number of carbonyl (C=O) groups excluding carboxylic acids is 2. The topological polar surface area (TPSA) is 90.0 Å². The molecule has 1 aromatic heterocycles. The molecule has 0 bridgehead atoms. The molecule has 2 rings (SSSR count). The van der Waals surface area contributed by atoms with Crippen LogP contribution in [0, 0.1) is 0 Å². The number of amides is 2. The Kier molecular flexibility index (Phi) is 3.96.